The third-order valence-corrected chi connectivity index (χ3v) is 1.53. The molecule has 0 spiro atoms. The molecule has 0 aromatic carbocycles. The lowest BCUT2D eigenvalue weighted by Gasteiger charge is -1.99. The van der Waals surface area contributed by atoms with E-state index in [1.54, 1.807) is 18.5 Å². The second-order valence-electron chi connectivity index (χ2n) is 2.60. The van der Waals surface area contributed by atoms with Gasteiger partial charge in [0.05, 0.1) is 19.7 Å². The molecule has 0 atom stereocenters. The molecule has 0 aliphatic rings. The van der Waals surface area contributed by atoms with Gasteiger partial charge < -0.3 is 10.8 Å². The zero-order valence-corrected chi connectivity index (χ0v) is 7.63. The highest BCUT2D eigenvalue weighted by atomic mass is 16.3. The van der Waals surface area contributed by atoms with Crippen LogP contribution >= 0.6 is 0 Å². The highest BCUT2D eigenvalue weighted by Gasteiger charge is 1.94. The summed E-state index contributed by atoms with van der Waals surface area (Å²) in [5.74, 6) is 0.207. The Balaban J connectivity index is 2.64. The van der Waals surface area contributed by atoms with Gasteiger partial charge in [0.1, 0.15) is 5.82 Å². The Kier molecular flexibility index (Phi) is 3.81. The second kappa shape index (κ2) is 5.13. The van der Waals surface area contributed by atoms with Crippen LogP contribution in [-0.4, -0.2) is 34.0 Å². The molecule has 3 N–H and O–H groups in total. The van der Waals surface area contributed by atoms with Crippen molar-refractivity contribution in [3.63, 3.8) is 0 Å². The molecule has 1 heterocycles. The number of nitrogen functional groups attached to an aromatic ring is 1. The average molecular weight is 196 g/mol. The van der Waals surface area contributed by atoms with Crippen molar-refractivity contribution in [1.29, 1.82) is 0 Å². The van der Waals surface area contributed by atoms with Crippen LogP contribution in [0.15, 0.2) is 22.1 Å². The summed E-state index contributed by atoms with van der Waals surface area (Å²) in [6, 6.07) is 1.54. The molecule has 0 saturated carbocycles. The zero-order chi connectivity index (χ0) is 10.4. The topological polar surface area (TPSA) is 93.5 Å². The van der Waals surface area contributed by atoms with E-state index in [4.69, 9.17) is 10.8 Å². The predicted octanol–water partition coefficient (Wildman–Crippen LogP) is -1.11. The Morgan fingerprint density at radius 2 is 2.50 bits per heavy atom. The van der Waals surface area contributed by atoms with Gasteiger partial charge in [-0.3, -0.25) is 9.56 Å². The SMILES string of the molecule is Nc1ccn(CC=NCCO)c(=O)n1. The molecule has 14 heavy (non-hydrogen) atoms. The maximum atomic E-state index is 11.2. The van der Waals surface area contributed by atoms with Crippen molar-refractivity contribution in [2.24, 2.45) is 4.99 Å². The summed E-state index contributed by atoms with van der Waals surface area (Å²) < 4.78 is 1.37. The van der Waals surface area contributed by atoms with Crippen LogP contribution < -0.4 is 11.4 Å². The average Bonchev–Trinajstić information content (AvgIpc) is 2.15. The number of nitrogens with two attached hydrogens (primary N) is 1. The molecule has 1 aromatic heterocycles. The van der Waals surface area contributed by atoms with Gasteiger partial charge in [0.2, 0.25) is 0 Å². The fraction of sp³-hybridized carbons (Fsp3) is 0.375. The Morgan fingerprint density at radius 1 is 1.71 bits per heavy atom. The molecule has 0 aliphatic heterocycles. The van der Waals surface area contributed by atoms with Gasteiger partial charge in [-0.2, -0.15) is 4.98 Å². The molecule has 76 valence electrons. The summed E-state index contributed by atoms with van der Waals surface area (Å²) in [5.41, 5.74) is 4.91. The van der Waals surface area contributed by atoms with Crippen molar-refractivity contribution in [1.82, 2.24) is 9.55 Å². The maximum absolute atomic E-state index is 11.2. The smallest absolute Gasteiger partial charge is 0.349 e. The number of aliphatic imine (C=N–C) groups is 1. The van der Waals surface area contributed by atoms with E-state index in [1.807, 2.05) is 0 Å². The molecule has 0 fully saturated rings. The van der Waals surface area contributed by atoms with Gasteiger partial charge >= 0.3 is 5.69 Å². The first-order valence-corrected chi connectivity index (χ1v) is 4.16. The van der Waals surface area contributed by atoms with Crippen molar-refractivity contribution in [3.05, 3.63) is 22.7 Å². The van der Waals surface area contributed by atoms with Crippen LogP contribution in [0.25, 0.3) is 0 Å². The normalized spacial score (nSPS) is 10.9. The Hall–Kier alpha value is -1.69. The number of rotatable bonds is 4. The summed E-state index contributed by atoms with van der Waals surface area (Å²) >= 11 is 0. The van der Waals surface area contributed by atoms with Gasteiger partial charge in [-0.05, 0) is 6.07 Å². The molecule has 6 nitrogen and oxygen atoms in total. The van der Waals surface area contributed by atoms with Gasteiger partial charge in [0.15, 0.2) is 0 Å². The molecule has 6 heteroatoms. The van der Waals surface area contributed by atoms with Gasteiger partial charge in [-0.25, -0.2) is 4.79 Å². The van der Waals surface area contributed by atoms with E-state index < -0.39 is 5.69 Å². The molecule has 0 aliphatic carbocycles. The number of nitrogens with zero attached hydrogens (tertiary/aromatic N) is 3. The molecule has 0 amide bonds. The molecule has 1 aromatic rings. The molecular formula is C8H12N4O2. The minimum Gasteiger partial charge on any atom is -0.394 e. The summed E-state index contributed by atoms with van der Waals surface area (Å²) in [4.78, 5) is 18.6. The number of aliphatic hydroxyl groups excluding tert-OH is 1. The van der Waals surface area contributed by atoms with Crippen molar-refractivity contribution in [2.75, 3.05) is 18.9 Å². The molecule has 0 unspecified atom stereocenters. The van der Waals surface area contributed by atoms with E-state index in [0.717, 1.165) is 0 Å². The summed E-state index contributed by atoms with van der Waals surface area (Å²) in [7, 11) is 0. The lowest BCUT2D eigenvalue weighted by molar-refractivity contribution is 0.307. The van der Waals surface area contributed by atoms with Crippen LogP contribution in [0.3, 0.4) is 0 Å². The summed E-state index contributed by atoms with van der Waals surface area (Å²) in [6.07, 6.45) is 3.10. The zero-order valence-electron chi connectivity index (χ0n) is 7.63. The number of aliphatic hydroxyl groups is 1. The molecule has 1 rings (SSSR count). The van der Waals surface area contributed by atoms with E-state index in [-0.39, 0.29) is 12.4 Å². The van der Waals surface area contributed by atoms with Crippen molar-refractivity contribution in [3.8, 4) is 0 Å². The van der Waals surface area contributed by atoms with Crippen molar-refractivity contribution < 1.29 is 5.11 Å². The van der Waals surface area contributed by atoms with Crippen molar-refractivity contribution >= 4 is 12.0 Å². The number of hydrogen-bond acceptors (Lipinski definition) is 5. The molecule has 0 radical (unpaired) electrons. The highest BCUT2D eigenvalue weighted by Crippen LogP contribution is 1.88. The molecular weight excluding hydrogens is 184 g/mol. The van der Waals surface area contributed by atoms with Gasteiger partial charge in [-0.15, -0.1) is 0 Å². The minimum atomic E-state index is -0.402. The summed E-state index contributed by atoms with van der Waals surface area (Å²) in [5, 5.41) is 8.44. The van der Waals surface area contributed by atoms with Crippen LogP contribution in [0.2, 0.25) is 0 Å². The van der Waals surface area contributed by atoms with Crippen LogP contribution in [0.4, 0.5) is 5.82 Å². The first-order valence-electron chi connectivity index (χ1n) is 4.16. The van der Waals surface area contributed by atoms with Crippen LogP contribution in [0.1, 0.15) is 0 Å². The quantitative estimate of drug-likeness (QED) is 0.597. The monoisotopic (exact) mass is 196 g/mol. The van der Waals surface area contributed by atoms with Crippen molar-refractivity contribution in [2.45, 2.75) is 6.54 Å². The fourth-order valence-corrected chi connectivity index (χ4v) is 0.876. The second-order valence-corrected chi connectivity index (χ2v) is 2.60. The van der Waals surface area contributed by atoms with E-state index in [2.05, 4.69) is 9.98 Å². The van der Waals surface area contributed by atoms with E-state index in [0.29, 0.717) is 13.1 Å². The van der Waals surface area contributed by atoms with Crippen LogP contribution in [-0.2, 0) is 6.54 Å². The number of anilines is 1. The van der Waals surface area contributed by atoms with Crippen LogP contribution in [0, 0.1) is 0 Å². The number of aromatic nitrogens is 2. The van der Waals surface area contributed by atoms with Gasteiger partial charge in [-0.1, -0.05) is 0 Å². The summed E-state index contributed by atoms with van der Waals surface area (Å²) in [6.45, 7) is 0.689. The highest BCUT2D eigenvalue weighted by molar-refractivity contribution is 5.56. The third kappa shape index (κ3) is 2.98. The first-order chi connectivity index (χ1) is 6.74. The first kappa shape index (κ1) is 10.4. The third-order valence-electron chi connectivity index (χ3n) is 1.53. The number of hydrogen-bond donors (Lipinski definition) is 2. The Morgan fingerprint density at radius 3 is 3.14 bits per heavy atom. The lowest BCUT2D eigenvalue weighted by atomic mass is 10.5. The Labute approximate surface area is 80.7 Å². The predicted molar refractivity (Wildman–Crippen MR) is 53.4 cm³/mol. The largest absolute Gasteiger partial charge is 0.394 e. The van der Waals surface area contributed by atoms with E-state index >= 15 is 0 Å². The van der Waals surface area contributed by atoms with Gasteiger partial charge in [0, 0.05) is 12.4 Å². The maximum Gasteiger partial charge on any atom is 0.349 e. The van der Waals surface area contributed by atoms with E-state index in [9.17, 15) is 4.79 Å². The van der Waals surface area contributed by atoms with E-state index in [1.165, 1.54) is 4.57 Å². The minimum absolute atomic E-state index is 0.00534. The van der Waals surface area contributed by atoms with Crippen LogP contribution in [0.5, 0.6) is 0 Å². The molecule has 0 saturated heterocycles. The van der Waals surface area contributed by atoms with Gasteiger partial charge in [0.25, 0.3) is 0 Å². The fourth-order valence-electron chi connectivity index (χ4n) is 0.876. The Bertz CT molecular complexity index is 372. The standard InChI is InChI=1S/C8H12N4O2/c9-7-1-4-12(8(14)11-7)5-2-10-3-6-13/h1-2,4,13H,3,5-6H2,(H2,9,11,14). The molecule has 0 bridgehead atoms. The lowest BCUT2D eigenvalue weighted by Crippen LogP contribution is -2.23.